The molecule has 4 nitrogen and oxygen atoms in total. The maximum atomic E-state index is 12.5. The molecule has 2 heterocycles. The minimum Gasteiger partial charge on any atom is -0.306 e. The van der Waals surface area contributed by atoms with E-state index in [1.165, 1.54) is 0 Å². The molecule has 2 aromatic rings. The predicted octanol–water partition coefficient (Wildman–Crippen LogP) is 3.33. The van der Waals surface area contributed by atoms with Gasteiger partial charge < -0.3 is 4.90 Å². The molecule has 21 heavy (non-hydrogen) atoms. The maximum Gasteiger partial charge on any atom is 0.279 e. The van der Waals surface area contributed by atoms with Gasteiger partial charge in [-0.15, -0.1) is 5.10 Å². The van der Waals surface area contributed by atoms with Crippen LogP contribution in [0.3, 0.4) is 0 Å². The van der Waals surface area contributed by atoms with Gasteiger partial charge in [0.25, 0.3) is 5.91 Å². The summed E-state index contributed by atoms with van der Waals surface area (Å²) in [5.74, 6) is -0.0690. The van der Waals surface area contributed by atoms with Crippen LogP contribution in [0.4, 0.5) is 5.69 Å². The molecular formula is C16H15N3OS. The fourth-order valence-corrected chi connectivity index (χ4v) is 2.92. The Morgan fingerprint density at radius 3 is 2.90 bits per heavy atom. The van der Waals surface area contributed by atoms with E-state index in [-0.39, 0.29) is 5.91 Å². The van der Waals surface area contributed by atoms with Gasteiger partial charge in [0.05, 0.1) is 11.9 Å². The molecule has 0 radical (unpaired) electrons. The standard InChI is InChI=1S/C16H15N3OS/c1-2-8-19-14-6-4-3-5-13(14)15(16(19)20)18-17-10-12-7-9-21-11-12/h3-7,9-11H,2,8H2,1H3/b17-10-,18-15+. The largest absolute Gasteiger partial charge is 0.306 e. The van der Waals surface area contributed by atoms with Crippen molar-refractivity contribution in [1.82, 2.24) is 0 Å². The van der Waals surface area contributed by atoms with E-state index in [9.17, 15) is 4.79 Å². The zero-order valence-electron chi connectivity index (χ0n) is 11.7. The fourth-order valence-electron chi connectivity index (χ4n) is 2.31. The predicted molar refractivity (Wildman–Crippen MR) is 87.5 cm³/mol. The van der Waals surface area contributed by atoms with Crippen LogP contribution in [-0.4, -0.2) is 24.4 Å². The molecule has 106 valence electrons. The molecule has 1 aromatic heterocycles. The first-order chi connectivity index (χ1) is 10.3. The first kappa shape index (κ1) is 13.7. The Labute approximate surface area is 127 Å². The summed E-state index contributed by atoms with van der Waals surface area (Å²) in [5, 5.41) is 12.2. The van der Waals surface area contributed by atoms with Crippen molar-refractivity contribution in [3.05, 3.63) is 52.2 Å². The number of carbonyl (C=O) groups is 1. The van der Waals surface area contributed by atoms with Gasteiger partial charge in [-0.1, -0.05) is 25.1 Å². The van der Waals surface area contributed by atoms with E-state index >= 15 is 0 Å². The number of fused-ring (bicyclic) bond motifs is 1. The van der Waals surface area contributed by atoms with E-state index in [2.05, 4.69) is 17.1 Å². The van der Waals surface area contributed by atoms with Gasteiger partial charge in [-0.2, -0.15) is 16.4 Å². The molecule has 1 aliphatic rings. The van der Waals surface area contributed by atoms with Crippen molar-refractivity contribution >= 4 is 34.9 Å². The molecule has 0 bridgehead atoms. The molecule has 0 aliphatic carbocycles. The van der Waals surface area contributed by atoms with Crippen molar-refractivity contribution in [3.8, 4) is 0 Å². The molecule has 1 amide bonds. The second-order valence-electron chi connectivity index (χ2n) is 4.72. The lowest BCUT2D eigenvalue weighted by Gasteiger charge is -2.14. The monoisotopic (exact) mass is 297 g/mol. The van der Waals surface area contributed by atoms with Crippen LogP contribution >= 0.6 is 11.3 Å². The van der Waals surface area contributed by atoms with E-state index < -0.39 is 0 Å². The maximum absolute atomic E-state index is 12.5. The second kappa shape index (κ2) is 6.01. The molecule has 1 aromatic carbocycles. The van der Waals surface area contributed by atoms with Crippen molar-refractivity contribution in [2.45, 2.75) is 13.3 Å². The summed E-state index contributed by atoms with van der Waals surface area (Å²) in [4.78, 5) is 14.2. The van der Waals surface area contributed by atoms with E-state index in [1.807, 2.05) is 41.1 Å². The van der Waals surface area contributed by atoms with Gasteiger partial charge in [-0.25, -0.2) is 0 Å². The zero-order valence-corrected chi connectivity index (χ0v) is 12.5. The Morgan fingerprint density at radius 1 is 1.29 bits per heavy atom. The fraction of sp³-hybridized carbons (Fsp3) is 0.188. The highest BCUT2D eigenvalue weighted by atomic mass is 32.1. The highest BCUT2D eigenvalue weighted by Gasteiger charge is 2.33. The Hall–Kier alpha value is -2.27. The lowest BCUT2D eigenvalue weighted by atomic mass is 10.1. The highest BCUT2D eigenvalue weighted by molar-refractivity contribution is 7.08. The number of hydrogen-bond donors (Lipinski definition) is 0. The van der Waals surface area contributed by atoms with E-state index in [0.717, 1.165) is 23.2 Å². The second-order valence-corrected chi connectivity index (χ2v) is 5.50. The number of rotatable bonds is 4. The Morgan fingerprint density at radius 2 is 2.14 bits per heavy atom. The van der Waals surface area contributed by atoms with Gasteiger partial charge >= 0.3 is 0 Å². The lowest BCUT2D eigenvalue weighted by Crippen LogP contribution is -2.30. The van der Waals surface area contributed by atoms with Crippen LogP contribution < -0.4 is 4.90 Å². The molecule has 0 unspecified atom stereocenters. The number of hydrogen-bond acceptors (Lipinski definition) is 4. The highest BCUT2D eigenvalue weighted by Crippen LogP contribution is 2.29. The average Bonchev–Trinajstić information content (AvgIpc) is 3.10. The quantitative estimate of drug-likeness (QED) is 0.630. The van der Waals surface area contributed by atoms with Gasteiger partial charge in [-0.3, -0.25) is 4.79 Å². The zero-order chi connectivity index (χ0) is 14.7. The minimum absolute atomic E-state index is 0.0690. The molecule has 0 saturated heterocycles. The van der Waals surface area contributed by atoms with Gasteiger partial charge in [0.1, 0.15) is 0 Å². The van der Waals surface area contributed by atoms with Gasteiger partial charge in [0, 0.05) is 17.7 Å². The van der Waals surface area contributed by atoms with E-state index in [0.29, 0.717) is 12.3 Å². The smallest absolute Gasteiger partial charge is 0.279 e. The van der Waals surface area contributed by atoms with E-state index in [1.54, 1.807) is 22.5 Å². The van der Waals surface area contributed by atoms with Crippen molar-refractivity contribution in [2.75, 3.05) is 11.4 Å². The van der Waals surface area contributed by atoms with Crippen LogP contribution in [0.5, 0.6) is 0 Å². The molecule has 0 fully saturated rings. The third-order valence-corrected chi connectivity index (χ3v) is 3.95. The van der Waals surface area contributed by atoms with Crippen molar-refractivity contribution in [3.63, 3.8) is 0 Å². The molecule has 1 aliphatic heterocycles. The molecule has 0 atom stereocenters. The van der Waals surface area contributed by atoms with Crippen LogP contribution in [0, 0.1) is 0 Å². The first-order valence-electron chi connectivity index (χ1n) is 6.85. The number of para-hydroxylation sites is 1. The summed E-state index contributed by atoms with van der Waals surface area (Å²) in [7, 11) is 0. The third kappa shape index (κ3) is 2.64. The summed E-state index contributed by atoms with van der Waals surface area (Å²) >= 11 is 1.60. The number of benzene rings is 1. The molecule has 0 spiro atoms. The topological polar surface area (TPSA) is 45.0 Å². The number of carbonyl (C=O) groups excluding carboxylic acids is 1. The Kier molecular flexibility index (Phi) is 3.92. The number of anilines is 1. The molecule has 3 rings (SSSR count). The molecule has 0 saturated carbocycles. The van der Waals surface area contributed by atoms with Crippen LogP contribution in [0.2, 0.25) is 0 Å². The van der Waals surface area contributed by atoms with Crippen LogP contribution in [-0.2, 0) is 4.79 Å². The SMILES string of the molecule is CCCN1C(=O)/C(=N/N=C\c2ccsc2)c2ccccc21. The Bertz CT molecular complexity index is 704. The van der Waals surface area contributed by atoms with Crippen LogP contribution in [0.25, 0.3) is 0 Å². The molecular weight excluding hydrogens is 282 g/mol. The lowest BCUT2D eigenvalue weighted by molar-refractivity contribution is -0.112. The van der Waals surface area contributed by atoms with Crippen molar-refractivity contribution in [1.29, 1.82) is 0 Å². The number of amides is 1. The van der Waals surface area contributed by atoms with Crippen LogP contribution in [0.1, 0.15) is 24.5 Å². The normalized spacial score (nSPS) is 16.1. The summed E-state index contributed by atoms with van der Waals surface area (Å²) in [6, 6.07) is 9.68. The minimum atomic E-state index is -0.0690. The molecule has 5 heteroatoms. The van der Waals surface area contributed by atoms with Crippen molar-refractivity contribution < 1.29 is 4.79 Å². The third-order valence-electron chi connectivity index (χ3n) is 3.25. The average molecular weight is 297 g/mol. The van der Waals surface area contributed by atoms with Gasteiger partial charge in [0.2, 0.25) is 0 Å². The number of nitrogens with zero attached hydrogens (tertiary/aromatic N) is 3. The van der Waals surface area contributed by atoms with Crippen molar-refractivity contribution in [2.24, 2.45) is 10.2 Å². The summed E-state index contributed by atoms with van der Waals surface area (Å²) in [6.07, 6.45) is 2.58. The van der Waals surface area contributed by atoms with Gasteiger partial charge in [-0.05, 0) is 29.3 Å². The summed E-state index contributed by atoms with van der Waals surface area (Å²) in [6.45, 7) is 2.75. The van der Waals surface area contributed by atoms with E-state index in [4.69, 9.17) is 0 Å². The summed E-state index contributed by atoms with van der Waals surface area (Å²) in [5.41, 5.74) is 3.20. The molecule has 0 N–H and O–H groups in total. The first-order valence-corrected chi connectivity index (χ1v) is 7.80. The van der Waals surface area contributed by atoms with Crippen LogP contribution in [0.15, 0.2) is 51.3 Å². The Balaban J connectivity index is 1.93. The van der Waals surface area contributed by atoms with Gasteiger partial charge in [0.15, 0.2) is 5.71 Å². The summed E-state index contributed by atoms with van der Waals surface area (Å²) < 4.78 is 0. The number of thiophene rings is 1.